The highest BCUT2D eigenvalue weighted by atomic mass is 35.5. The lowest BCUT2D eigenvalue weighted by atomic mass is 9.87. The number of para-hydroxylation sites is 1. The molecule has 9 heteroatoms. The Morgan fingerprint density at radius 1 is 0.896 bits per heavy atom. The van der Waals surface area contributed by atoms with Crippen LogP contribution in [0.4, 0.5) is 10.5 Å². The zero-order valence-corrected chi connectivity index (χ0v) is 29.0. The lowest BCUT2D eigenvalue weighted by Gasteiger charge is -2.38. The molecule has 2 aliphatic heterocycles. The molecule has 0 radical (unpaired) electrons. The minimum atomic E-state index is -0.819. The molecule has 0 spiro atoms. The standard InChI is InChI=1S/C39H47ClN4O4/c1-39(2,3)48-38(47)44-25-30-9-5-4-8-29(30)23-35(44)36(45)42-34(22-26-14-16-31(40)17-15-26)37(46)43-20-18-28(19-21-43)32-10-6-7-11-33(32)41-24-27-12-13-27/h4-11,14-17,27-28,34-35,41H,12-13,18-25H2,1-3H3,(H,42,45)/t34-,35+/m1/s1. The lowest BCUT2D eigenvalue weighted by Crippen LogP contribution is -2.58. The van der Waals surface area contributed by atoms with E-state index < -0.39 is 23.8 Å². The molecule has 48 heavy (non-hydrogen) atoms. The van der Waals surface area contributed by atoms with Gasteiger partial charge in [-0.1, -0.05) is 66.2 Å². The zero-order valence-electron chi connectivity index (χ0n) is 28.2. The summed E-state index contributed by atoms with van der Waals surface area (Å²) in [7, 11) is 0. The Morgan fingerprint density at radius 3 is 2.25 bits per heavy atom. The summed E-state index contributed by atoms with van der Waals surface area (Å²) in [5.74, 6) is 0.654. The summed E-state index contributed by atoms with van der Waals surface area (Å²) in [4.78, 5) is 45.2. The number of halogens is 1. The Kier molecular flexibility index (Phi) is 10.3. The van der Waals surface area contributed by atoms with Crippen molar-refractivity contribution in [3.05, 3.63) is 100 Å². The van der Waals surface area contributed by atoms with Crippen LogP contribution in [0.3, 0.4) is 0 Å². The van der Waals surface area contributed by atoms with E-state index in [1.807, 2.05) is 62.1 Å². The zero-order chi connectivity index (χ0) is 33.8. The second-order valence-electron chi connectivity index (χ2n) is 14.5. The molecule has 3 aliphatic rings. The molecule has 3 aromatic rings. The lowest BCUT2D eigenvalue weighted by molar-refractivity contribution is -0.138. The number of nitrogens with zero attached hydrogens (tertiary/aromatic N) is 2. The summed E-state index contributed by atoms with van der Waals surface area (Å²) >= 11 is 6.17. The second-order valence-corrected chi connectivity index (χ2v) is 14.9. The van der Waals surface area contributed by atoms with E-state index in [2.05, 4.69) is 34.9 Å². The summed E-state index contributed by atoms with van der Waals surface area (Å²) in [6.45, 7) is 7.91. The van der Waals surface area contributed by atoms with Gasteiger partial charge in [-0.25, -0.2) is 4.79 Å². The topological polar surface area (TPSA) is 91.0 Å². The second kappa shape index (κ2) is 14.6. The van der Waals surface area contributed by atoms with Crippen LogP contribution in [0.15, 0.2) is 72.8 Å². The molecule has 254 valence electrons. The summed E-state index contributed by atoms with van der Waals surface area (Å²) in [5.41, 5.74) is 4.67. The minimum absolute atomic E-state index is 0.114. The minimum Gasteiger partial charge on any atom is -0.444 e. The number of amides is 3. The summed E-state index contributed by atoms with van der Waals surface area (Å²) in [5, 5.41) is 7.36. The number of ether oxygens (including phenoxy) is 1. The fraction of sp³-hybridized carbons (Fsp3) is 0.462. The predicted octanol–water partition coefficient (Wildman–Crippen LogP) is 6.96. The van der Waals surface area contributed by atoms with Gasteiger partial charge in [0.1, 0.15) is 17.7 Å². The highest BCUT2D eigenvalue weighted by molar-refractivity contribution is 6.30. The monoisotopic (exact) mass is 670 g/mol. The SMILES string of the molecule is CC(C)(C)OC(=O)N1Cc2ccccc2C[C@H]1C(=O)N[C@H](Cc1ccc(Cl)cc1)C(=O)N1CCC(c2ccccc2NCC2CC2)CC1. The number of fused-ring (bicyclic) bond motifs is 1. The van der Waals surface area contributed by atoms with E-state index in [9.17, 15) is 14.4 Å². The molecule has 6 rings (SSSR count). The smallest absolute Gasteiger partial charge is 0.411 e. The van der Waals surface area contributed by atoms with Gasteiger partial charge in [0.2, 0.25) is 11.8 Å². The molecule has 0 bridgehead atoms. The maximum atomic E-state index is 14.3. The molecule has 2 N–H and O–H groups in total. The van der Waals surface area contributed by atoms with E-state index in [0.29, 0.717) is 36.9 Å². The average Bonchev–Trinajstić information content (AvgIpc) is 3.91. The summed E-state index contributed by atoms with van der Waals surface area (Å²) in [6, 6.07) is 22.1. The van der Waals surface area contributed by atoms with Crippen LogP contribution in [0.25, 0.3) is 0 Å². The molecular formula is C39H47ClN4O4. The quantitative estimate of drug-likeness (QED) is 0.257. The van der Waals surface area contributed by atoms with Crippen LogP contribution in [0.5, 0.6) is 0 Å². The van der Waals surface area contributed by atoms with Crippen molar-refractivity contribution in [1.29, 1.82) is 0 Å². The van der Waals surface area contributed by atoms with E-state index in [4.69, 9.17) is 16.3 Å². The first-order valence-electron chi connectivity index (χ1n) is 17.3. The first kappa shape index (κ1) is 33.8. The number of nitrogens with one attached hydrogen (secondary N) is 2. The Morgan fingerprint density at radius 2 is 1.56 bits per heavy atom. The van der Waals surface area contributed by atoms with Crippen molar-refractivity contribution in [2.75, 3.05) is 25.0 Å². The van der Waals surface area contributed by atoms with Crippen molar-refractivity contribution in [2.24, 2.45) is 5.92 Å². The van der Waals surface area contributed by atoms with Crippen LogP contribution in [0.2, 0.25) is 5.02 Å². The molecule has 0 unspecified atom stereocenters. The Labute approximate surface area is 289 Å². The summed E-state index contributed by atoms with van der Waals surface area (Å²) in [6.07, 6.45) is 4.40. The third-order valence-electron chi connectivity index (χ3n) is 9.63. The molecule has 8 nitrogen and oxygen atoms in total. The Bertz CT molecular complexity index is 1610. The van der Waals surface area contributed by atoms with Crippen molar-refractivity contribution in [3.63, 3.8) is 0 Å². The van der Waals surface area contributed by atoms with Gasteiger partial charge < -0.3 is 20.3 Å². The number of hydrogen-bond acceptors (Lipinski definition) is 5. The molecule has 2 atom stereocenters. The largest absolute Gasteiger partial charge is 0.444 e. The fourth-order valence-corrected chi connectivity index (χ4v) is 6.94. The van der Waals surface area contributed by atoms with Gasteiger partial charge in [0, 0.05) is 43.2 Å². The molecule has 1 saturated heterocycles. The number of carbonyl (C=O) groups is 3. The van der Waals surface area contributed by atoms with Gasteiger partial charge in [0.05, 0.1) is 6.54 Å². The van der Waals surface area contributed by atoms with Crippen LogP contribution in [-0.4, -0.2) is 65.0 Å². The average molecular weight is 671 g/mol. The normalized spacial score (nSPS) is 18.9. The number of carbonyl (C=O) groups excluding carboxylic acids is 3. The van der Waals surface area contributed by atoms with Crippen LogP contribution in [-0.2, 0) is 33.7 Å². The van der Waals surface area contributed by atoms with Gasteiger partial charge in [-0.3, -0.25) is 14.5 Å². The van der Waals surface area contributed by atoms with Gasteiger partial charge in [0.15, 0.2) is 0 Å². The van der Waals surface area contributed by atoms with Crippen LogP contribution < -0.4 is 10.6 Å². The van der Waals surface area contributed by atoms with Crippen molar-refractivity contribution in [2.45, 2.75) is 89.4 Å². The van der Waals surface area contributed by atoms with E-state index >= 15 is 0 Å². The molecule has 0 aromatic heterocycles. The van der Waals surface area contributed by atoms with Gasteiger partial charge in [-0.05, 0) is 98.7 Å². The third kappa shape index (κ3) is 8.51. The molecule has 1 aliphatic carbocycles. The van der Waals surface area contributed by atoms with Gasteiger partial charge in [0.25, 0.3) is 0 Å². The molecule has 2 heterocycles. The van der Waals surface area contributed by atoms with E-state index in [1.165, 1.54) is 29.0 Å². The van der Waals surface area contributed by atoms with Crippen LogP contribution in [0, 0.1) is 5.92 Å². The van der Waals surface area contributed by atoms with Gasteiger partial charge in [-0.2, -0.15) is 0 Å². The number of likely N-dealkylation sites (tertiary alicyclic amines) is 1. The maximum absolute atomic E-state index is 14.3. The van der Waals surface area contributed by atoms with Gasteiger partial charge in [-0.15, -0.1) is 0 Å². The molecule has 2 fully saturated rings. The van der Waals surface area contributed by atoms with E-state index in [0.717, 1.165) is 42.0 Å². The molecule has 3 amide bonds. The number of piperidine rings is 1. The van der Waals surface area contributed by atoms with Crippen molar-refractivity contribution >= 4 is 35.2 Å². The highest BCUT2D eigenvalue weighted by Gasteiger charge is 2.39. The summed E-state index contributed by atoms with van der Waals surface area (Å²) < 4.78 is 5.73. The predicted molar refractivity (Wildman–Crippen MR) is 189 cm³/mol. The van der Waals surface area contributed by atoms with E-state index in [-0.39, 0.29) is 18.4 Å². The van der Waals surface area contributed by atoms with Crippen molar-refractivity contribution in [3.8, 4) is 0 Å². The first-order chi connectivity index (χ1) is 23.0. The Hall–Kier alpha value is -4.04. The molecule has 3 aromatic carbocycles. The van der Waals surface area contributed by atoms with E-state index in [1.54, 1.807) is 12.1 Å². The van der Waals surface area contributed by atoms with Crippen LogP contribution >= 0.6 is 11.6 Å². The van der Waals surface area contributed by atoms with Crippen LogP contribution in [0.1, 0.15) is 74.6 Å². The van der Waals surface area contributed by atoms with Crippen molar-refractivity contribution < 1.29 is 19.1 Å². The number of rotatable bonds is 9. The molecular weight excluding hydrogens is 624 g/mol. The van der Waals surface area contributed by atoms with Crippen molar-refractivity contribution in [1.82, 2.24) is 15.1 Å². The number of benzene rings is 3. The third-order valence-corrected chi connectivity index (χ3v) is 9.88. The Balaban J connectivity index is 1.18. The maximum Gasteiger partial charge on any atom is 0.411 e. The first-order valence-corrected chi connectivity index (χ1v) is 17.6. The fourth-order valence-electron chi connectivity index (χ4n) is 6.82. The number of anilines is 1. The molecule has 1 saturated carbocycles. The highest BCUT2D eigenvalue weighted by Crippen LogP contribution is 2.35. The number of hydrogen-bond donors (Lipinski definition) is 2. The van der Waals surface area contributed by atoms with Gasteiger partial charge >= 0.3 is 6.09 Å².